The number of carbonyl (C=O) groups is 2. The van der Waals surface area contributed by atoms with Gasteiger partial charge in [-0.1, -0.05) is 35.6 Å². The molecule has 0 aliphatic carbocycles. The largest absolute Gasteiger partial charge is 0.350 e. The van der Waals surface area contributed by atoms with Gasteiger partial charge in [-0.15, -0.1) is 10.2 Å². The molecule has 8 heteroatoms. The molecule has 1 N–H and O–H groups in total. The second-order valence-electron chi connectivity index (χ2n) is 7.01. The van der Waals surface area contributed by atoms with Crippen LogP contribution in [0.2, 0.25) is 0 Å². The molecule has 0 radical (unpaired) electrons. The number of benzene rings is 1. The van der Waals surface area contributed by atoms with E-state index in [0.717, 1.165) is 36.5 Å². The Morgan fingerprint density at radius 1 is 1.22 bits per heavy atom. The summed E-state index contributed by atoms with van der Waals surface area (Å²) in [5.74, 6) is 0.122. The van der Waals surface area contributed by atoms with Crippen LogP contribution in [0.4, 0.5) is 10.3 Å². The topological polar surface area (TPSA) is 78.4 Å². The van der Waals surface area contributed by atoms with Crippen molar-refractivity contribution in [3.63, 3.8) is 0 Å². The molecule has 0 saturated carbocycles. The van der Waals surface area contributed by atoms with E-state index in [2.05, 4.69) is 15.5 Å². The number of anilines is 2. The third-order valence-corrected chi connectivity index (χ3v) is 6.21. The summed E-state index contributed by atoms with van der Waals surface area (Å²) in [5, 5.41) is 12.9. The first kappa shape index (κ1) is 17.9. The van der Waals surface area contributed by atoms with Gasteiger partial charge < -0.3 is 10.2 Å². The van der Waals surface area contributed by atoms with E-state index >= 15 is 0 Å². The third-order valence-electron chi connectivity index (χ3n) is 5.22. The number of aryl methyl sites for hydroxylation is 1. The minimum Gasteiger partial charge on any atom is -0.350 e. The summed E-state index contributed by atoms with van der Waals surface area (Å²) in [6.45, 7) is 4.06. The Morgan fingerprint density at radius 2 is 2.04 bits per heavy atom. The van der Waals surface area contributed by atoms with Crippen molar-refractivity contribution in [2.75, 3.05) is 22.9 Å². The van der Waals surface area contributed by atoms with Gasteiger partial charge in [0.25, 0.3) is 0 Å². The molecule has 142 valence electrons. The molecule has 1 aromatic carbocycles. The first-order chi connectivity index (χ1) is 13.1. The van der Waals surface area contributed by atoms with Gasteiger partial charge in [0.2, 0.25) is 22.1 Å². The molecule has 2 aromatic rings. The fourth-order valence-corrected chi connectivity index (χ4v) is 4.63. The number of hydrogen-bond donors (Lipinski definition) is 1. The molecule has 7 nitrogen and oxygen atoms in total. The third kappa shape index (κ3) is 3.66. The van der Waals surface area contributed by atoms with Crippen LogP contribution in [0.5, 0.6) is 0 Å². The van der Waals surface area contributed by atoms with Crippen LogP contribution in [0.15, 0.2) is 24.3 Å². The number of carbonyl (C=O) groups excluding carboxylic acids is 2. The summed E-state index contributed by atoms with van der Waals surface area (Å²) >= 11 is 1.40. The van der Waals surface area contributed by atoms with Gasteiger partial charge in [0.15, 0.2) is 0 Å². The Bertz CT molecular complexity index is 852. The van der Waals surface area contributed by atoms with Crippen molar-refractivity contribution >= 4 is 33.4 Å². The van der Waals surface area contributed by atoms with Gasteiger partial charge in [-0.05, 0) is 37.3 Å². The highest BCUT2D eigenvalue weighted by Crippen LogP contribution is 2.33. The maximum Gasteiger partial charge on any atom is 0.243 e. The minimum atomic E-state index is -0.232. The van der Waals surface area contributed by atoms with Gasteiger partial charge in [-0.3, -0.25) is 14.5 Å². The Labute approximate surface area is 162 Å². The molecule has 1 aromatic heterocycles. The van der Waals surface area contributed by atoms with E-state index in [1.54, 1.807) is 4.90 Å². The molecule has 2 aliphatic heterocycles. The van der Waals surface area contributed by atoms with E-state index in [1.165, 1.54) is 16.9 Å². The fraction of sp³-hybridized carbons (Fsp3) is 0.474. The van der Waals surface area contributed by atoms with E-state index in [0.29, 0.717) is 24.6 Å². The molecule has 2 aliphatic rings. The van der Waals surface area contributed by atoms with E-state index in [1.807, 2.05) is 36.1 Å². The zero-order chi connectivity index (χ0) is 18.8. The van der Waals surface area contributed by atoms with E-state index in [4.69, 9.17) is 0 Å². The van der Waals surface area contributed by atoms with E-state index in [9.17, 15) is 9.59 Å². The Hall–Kier alpha value is -2.48. The number of aromatic nitrogens is 2. The summed E-state index contributed by atoms with van der Waals surface area (Å²) in [6.07, 6.45) is 3.18. The smallest absolute Gasteiger partial charge is 0.243 e. The van der Waals surface area contributed by atoms with Crippen LogP contribution >= 0.6 is 11.3 Å². The summed E-state index contributed by atoms with van der Waals surface area (Å²) in [5.41, 5.74) is 2.30. The van der Waals surface area contributed by atoms with Crippen molar-refractivity contribution in [2.45, 2.75) is 45.2 Å². The first-order valence-electron chi connectivity index (χ1n) is 9.36. The molecular weight excluding hydrogens is 362 g/mol. The van der Waals surface area contributed by atoms with Gasteiger partial charge in [-0.2, -0.15) is 0 Å². The van der Waals surface area contributed by atoms with Gasteiger partial charge in [-0.25, -0.2) is 0 Å². The lowest BCUT2D eigenvalue weighted by Crippen LogP contribution is -2.43. The zero-order valence-corrected chi connectivity index (χ0v) is 16.2. The lowest BCUT2D eigenvalue weighted by atomic mass is 10.1. The molecule has 0 unspecified atom stereocenters. The van der Waals surface area contributed by atoms with Crippen LogP contribution in [-0.2, 0) is 16.1 Å². The number of amides is 2. The predicted octanol–water partition coefficient (Wildman–Crippen LogP) is 2.26. The van der Waals surface area contributed by atoms with Gasteiger partial charge in [0.1, 0.15) is 6.04 Å². The Morgan fingerprint density at radius 3 is 2.81 bits per heavy atom. The van der Waals surface area contributed by atoms with Crippen LogP contribution in [0.1, 0.15) is 36.8 Å². The van der Waals surface area contributed by atoms with Crippen LogP contribution < -0.4 is 15.1 Å². The van der Waals surface area contributed by atoms with Crippen molar-refractivity contribution in [2.24, 2.45) is 0 Å². The second kappa shape index (κ2) is 7.64. The quantitative estimate of drug-likeness (QED) is 0.854. The molecule has 2 amide bonds. The average molecular weight is 385 g/mol. The van der Waals surface area contributed by atoms with Crippen LogP contribution in [0.3, 0.4) is 0 Å². The highest BCUT2D eigenvalue weighted by atomic mass is 32.1. The molecule has 0 bridgehead atoms. The fourth-order valence-electron chi connectivity index (χ4n) is 3.66. The lowest BCUT2D eigenvalue weighted by Gasteiger charge is -2.22. The van der Waals surface area contributed by atoms with Crippen molar-refractivity contribution in [3.05, 3.63) is 35.4 Å². The van der Waals surface area contributed by atoms with Crippen LogP contribution in [0.25, 0.3) is 0 Å². The molecule has 2 saturated heterocycles. The second-order valence-corrected chi connectivity index (χ2v) is 7.95. The molecule has 3 heterocycles. The van der Waals surface area contributed by atoms with Gasteiger partial charge in [0.05, 0.1) is 0 Å². The van der Waals surface area contributed by atoms with Crippen molar-refractivity contribution in [3.8, 4) is 0 Å². The normalized spacial score (nSPS) is 19.7. The Kier molecular flexibility index (Phi) is 5.07. The molecule has 27 heavy (non-hydrogen) atoms. The van der Waals surface area contributed by atoms with Crippen LogP contribution in [0, 0.1) is 6.92 Å². The van der Waals surface area contributed by atoms with Gasteiger partial charge >= 0.3 is 0 Å². The van der Waals surface area contributed by atoms with E-state index in [-0.39, 0.29) is 17.9 Å². The average Bonchev–Trinajstić information content (AvgIpc) is 3.40. The number of rotatable bonds is 5. The zero-order valence-electron chi connectivity index (χ0n) is 15.4. The highest BCUT2D eigenvalue weighted by Gasteiger charge is 2.34. The monoisotopic (exact) mass is 385 g/mol. The highest BCUT2D eigenvalue weighted by molar-refractivity contribution is 7.19. The summed E-state index contributed by atoms with van der Waals surface area (Å²) in [6, 6.07) is 7.83. The Balaban J connectivity index is 1.43. The number of nitrogens with one attached hydrogen (secondary N) is 1. The molecule has 4 rings (SSSR count). The molecule has 0 spiro atoms. The molecular formula is C19H23N5O2S. The number of hydrogen-bond acceptors (Lipinski definition) is 6. The standard InChI is InChI=1S/C19H23N5O2S/c1-13-6-2-3-7-14(13)12-20-17(26)15-8-4-10-23(15)18-21-22-19(27-18)24-11-5-9-16(24)25/h2-3,6-7,15H,4-5,8-12H2,1H3,(H,20,26)/t15-/m0/s1. The van der Waals surface area contributed by atoms with Crippen molar-refractivity contribution in [1.29, 1.82) is 0 Å². The molecule has 2 fully saturated rings. The summed E-state index contributed by atoms with van der Waals surface area (Å²) in [4.78, 5) is 28.4. The SMILES string of the molecule is Cc1ccccc1CNC(=O)[C@@H]1CCCN1c1nnc(N2CCCC2=O)s1. The predicted molar refractivity (Wildman–Crippen MR) is 105 cm³/mol. The number of nitrogens with zero attached hydrogens (tertiary/aromatic N) is 4. The first-order valence-corrected chi connectivity index (χ1v) is 10.2. The summed E-state index contributed by atoms with van der Waals surface area (Å²) < 4.78 is 0. The van der Waals surface area contributed by atoms with Crippen molar-refractivity contribution < 1.29 is 9.59 Å². The lowest BCUT2D eigenvalue weighted by molar-refractivity contribution is -0.122. The van der Waals surface area contributed by atoms with Crippen molar-refractivity contribution in [1.82, 2.24) is 15.5 Å². The summed E-state index contributed by atoms with van der Waals surface area (Å²) in [7, 11) is 0. The van der Waals surface area contributed by atoms with E-state index < -0.39 is 0 Å². The van der Waals surface area contributed by atoms with Gasteiger partial charge in [0, 0.05) is 26.1 Å². The minimum absolute atomic E-state index is 0.0183. The maximum atomic E-state index is 12.8. The molecule has 1 atom stereocenters. The van der Waals surface area contributed by atoms with Crippen LogP contribution in [-0.4, -0.2) is 41.1 Å². The maximum absolute atomic E-state index is 12.8.